The van der Waals surface area contributed by atoms with E-state index in [1.54, 1.807) is 29.7 Å². The van der Waals surface area contributed by atoms with Gasteiger partial charge in [0.05, 0.1) is 5.92 Å². The second-order valence-electron chi connectivity index (χ2n) is 7.90. The van der Waals surface area contributed by atoms with Crippen molar-refractivity contribution in [3.63, 3.8) is 0 Å². The largest absolute Gasteiger partial charge is 0.368 e. The highest BCUT2D eigenvalue weighted by molar-refractivity contribution is 7.21. The van der Waals surface area contributed by atoms with Gasteiger partial charge in [0.25, 0.3) is 0 Å². The number of benzene rings is 1. The summed E-state index contributed by atoms with van der Waals surface area (Å²) in [6.07, 6.45) is 3.71. The maximum atomic E-state index is 13.2. The number of nitrogens with zero attached hydrogens (tertiary/aromatic N) is 5. The van der Waals surface area contributed by atoms with Gasteiger partial charge in [-0.3, -0.25) is 4.79 Å². The third-order valence-electron chi connectivity index (χ3n) is 5.98. The molecule has 2 fully saturated rings. The minimum atomic E-state index is -0.224. The molecule has 6 nitrogen and oxygen atoms in total. The van der Waals surface area contributed by atoms with Gasteiger partial charge in [0.15, 0.2) is 5.13 Å². The van der Waals surface area contributed by atoms with E-state index in [4.69, 9.17) is 4.98 Å². The van der Waals surface area contributed by atoms with Gasteiger partial charge in [-0.2, -0.15) is 0 Å². The lowest BCUT2D eigenvalue weighted by Crippen LogP contribution is -2.52. The Kier molecular flexibility index (Phi) is 5.25. The molecule has 156 valence electrons. The molecule has 0 unspecified atom stereocenters. The minimum absolute atomic E-state index is 0.0103. The van der Waals surface area contributed by atoms with Crippen LogP contribution < -0.4 is 9.80 Å². The first kappa shape index (κ1) is 19.2. The molecule has 2 saturated heterocycles. The molecule has 8 heteroatoms. The summed E-state index contributed by atoms with van der Waals surface area (Å²) < 4.78 is 13.2. The zero-order valence-electron chi connectivity index (χ0n) is 16.7. The molecule has 0 bridgehead atoms. The average Bonchev–Trinajstić information content (AvgIpc) is 3.24. The van der Waals surface area contributed by atoms with Crippen LogP contribution in [-0.2, 0) is 4.79 Å². The number of anilines is 2. The lowest BCUT2D eigenvalue weighted by atomic mass is 9.96. The summed E-state index contributed by atoms with van der Waals surface area (Å²) in [6.45, 7) is 4.61. The Morgan fingerprint density at radius 3 is 2.60 bits per heavy atom. The summed E-state index contributed by atoms with van der Waals surface area (Å²) in [7, 11) is 0. The van der Waals surface area contributed by atoms with Gasteiger partial charge in [-0.05, 0) is 49.2 Å². The van der Waals surface area contributed by atoms with Gasteiger partial charge >= 0.3 is 0 Å². The Hall–Kier alpha value is -2.74. The fourth-order valence-corrected chi connectivity index (χ4v) is 5.28. The highest BCUT2D eigenvalue weighted by Gasteiger charge is 2.32. The maximum Gasteiger partial charge on any atom is 0.227 e. The van der Waals surface area contributed by atoms with Crippen LogP contribution in [0.4, 0.5) is 15.2 Å². The number of halogens is 1. The van der Waals surface area contributed by atoms with Gasteiger partial charge in [0.1, 0.15) is 16.2 Å². The summed E-state index contributed by atoms with van der Waals surface area (Å²) in [4.78, 5) is 29.7. The van der Waals surface area contributed by atoms with Crippen LogP contribution >= 0.6 is 11.3 Å². The number of carbonyl (C=O) groups is 1. The molecule has 0 spiro atoms. The quantitative estimate of drug-likeness (QED) is 0.644. The van der Waals surface area contributed by atoms with E-state index in [0.717, 1.165) is 60.2 Å². The molecule has 1 aromatic carbocycles. The number of pyridine rings is 1. The van der Waals surface area contributed by atoms with Crippen LogP contribution in [0.5, 0.6) is 0 Å². The summed E-state index contributed by atoms with van der Waals surface area (Å²) in [5, 5.41) is 0.960. The van der Waals surface area contributed by atoms with E-state index in [1.165, 1.54) is 12.1 Å². The molecule has 0 N–H and O–H groups in total. The summed E-state index contributed by atoms with van der Waals surface area (Å²) in [5.41, 5.74) is 1.93. The highest BCUT2D eigenvalue weighted by Crippen LogP contribution is 2.31. The Bertz CT molecular complexity index is 998. The number of carbonyl (C=O) groups excluding carboxylic acids is 1. The number of piperidine rings is 1. The Morgan fingerprint density at radius 1 is 1.03 bits per heavy atom. The Balaban J connectivity index is 1.21. The molecule has 2 aliphatic heterocycles. The number of rotatable bonds is 3. The van der Waals surface area contributed by atoms with Crippen LogP contribution in [0, 0.1) is 11.7 Å². The van der Waals surface area contributed by atoms with Crippen LogP contribution in [0.1, 0.15) is 12.8 Å². The molecular formula is C22H24FN5OS. The van der Waals surface area contributed by atoms with Crippen molar-refractivity contribution in [1.29, 1.82) is 0 Å². The third kappa shape index (κ3) is 3.84. The second-order valence-corrected chi connectivity index (χ2v) is 8.85. The van der Waals surface area contributed by atoms with Crippen molar-refractivity contribution in [3.05, 3.63) is 48.4 Å². The predicted molar refractivity (Wildman–Crippen MR) is 118 cm³/mol. The zero-order chi connectivity index (χ0) is 20.5. The van der Waals surface area contributed by atoms with E-state index in [0.29, 0.717) is 13.1 Å². The van der Waals surface area contributed by atoms with Crippen molar-refractivity contribution >= 4 is 38.4 Å². The molecule has 2 aromatic heterocycles. The number of fused-ring (bicyclic) bond motifs is 1. The molecular weight excluding hydrogens is 401 g/mol. The van der Waals surface area contributed by atoms with E-state index >= 15 is 0 Å². The van der Waals surface area contributed by atoms with E-state index < -0.39 is 0 Å². The van der Waals surface area contributed by atoms with Crippen LogP contribution in [-0.4, -0.2) is 60.0 Å². The van der Waals surface area contributed by atoms with Gasteiger partial charge in [-0.15, -0.1) is 0 Å². The lowest BCUT2D eigenvalue weighted by Gasteiger charge is -2.39. The Morgan fingerprint density at radius 2 is 1.83 bits per heavy atom. The first-order valence-electron chi connectivity index (χ1n) is 10.4. The van der Waals surface area contributed by atoms with Gasteiger partial charge in [0.2, 0.25) is 5.91 Å². The zero-order valence-corrected chi connectivity index (χ0v) is 17.5. The van der Waals surface area contributed by atoms with E-state index in [2.05, 4.69) is 14.8 Å². The summed E-state index contributed by atoms with van der Waals surface area (Å²) >= 11 is 1.60. The SMILES string of the molecule is O=C([C@@H]1CCCN(c2nc3cccnc3s2)C1)N1CCN(c2ccc(F)cc2)CC1. The normalized spacial score (nSPS) is 20.0. The Labute approximate surface area is 178 Å². The van der Waals surface area contributed by atoms with Crippen LogP contribution in [0.3, 0.4) is 0 Å². The second kappa shape index (κ2) is 8.18. The van der Waals surface area contributed by atoms with E-state index in [1.807, 2.05) is 17.0 Å². The van der Waals surface area contributed by atoms with Crippen molar-refractivity contribution in [2.45, 2.75) is 12.8 Å². The third-order valence-corrected chi connectivity index (χ3v) is 7.02. The summed E-state index contributed by atoms with van der Waals surface area (Å²) in [6, 6.07) is 10.5. The van der Waals surface area contributed by atoms with Gasteiger partial charge < -0.3 is 14.7 Å². The fraction of sp³-hybridized carbons (Fsp3) is 0.409. The minimum Gasteiger partial charge on any atom is -0.368 e. The lowest BCUT2D eigenvalue weighted by molar-refractivity contribution is -0.136. The number of amides is 1. The fourth-order valence-electron chi connectivity index (χ4n) is 4.34. The number of aromatic nitrogens is 2. The first-order valence-corrected chi connectivity index (χ1v) is 11.2. The van der Waals surface area contributed by atoms with E-state index in [9.17, 15) is 9.18 Å². The maximum absolute atomic E-state index is 13.2. The first-order chi connectivity index (χ1) is 14.7. The van der Waals surface area contributed by atoms with Gasteiger partial charge in [-0.1, -0.05) is 11.3 Å². The van der Waals surface area contributed by atoms with Crippen LogP contribution in [0.15, 0.2) is 42.6 Å². The molecule has 1 amide bonds. The van der Waals surface area contributed by atoms with Gasteiger partial charge in [0, 0.05) is 51.2 Å². The highest BCUT2D eigenvalue weighted by atomic mass is 32.1. The van der Waals surface area contributed by atoms with Crippen molar-refractivity contribution in [2.24, 2.45) is 5.92 Å². The van der Waals surface area contributed by atoms with Crippen LogP contribution in [0.25, 0.3) is 10.3 Å². The molecule has 30 heavy (non-hydrogen) atoms. The van der Waals surface area contributed by atoms with Gasteiger partial charge in [-0.25, -0.2) is 14.4 Å². The molecule has 0 radical (unpaired) electrons. The molecule has 0 aliphatic carbocycles. The monoisotopic (exact) mass is 425 g/mol. The van der Waals surface area contributed by atoms with Crippen molar-refractivity contribution in [1.82, 2.24) is 14.9 Å². The molecule has 4 heterocycles. The van der Waals surface area contributed by atoms with Crippen molar-refractivity contribution < 1.29 is 9.18 Å². The summed E-state index contributed by atoms with van der Waals surface area (Å²) in [5.74, 6) is 0.0344. The van der Waals surface area contributed by atoms with E-state index in [-0.39, 0.29) is 17.6 Å². The van der Waals surface area contributed by atoms with Crippen LogP contribution in [0.2, 0.25) is 0 Å². The van der Waals surface area contributed by atoms with Crippen molar-refractivity contribution in [3.8, 4) is 0 Å². The molecule has 2 aliphatic rings. The van der Waals surface area contributed by atoms with Crippen molar-refractivity contribution in [2.75, 3.05) is 49.1 Å². The standard InChI is InChI=1S/C22H24FN5OS/c23-17-5-7-18(8-6-17)26-11-13-27(14-12-26)21(29)16-3-2-10-28(15-16)22-25-19-4-1-9-24-20(19)30-22/h1,4-9,16H,2-3,10-15H2/t16-/m1/s1. The molecule has 5 rings (SSSR count). The topological polar surface area (TPSA) is 52.6 Å². The number of thiazole rings is 1. The predicted octanol–water partition coefficient (Wildman–Crippen LogP) is 3.40. The molecule has 0 saturated carbocycles. The number of piperazine rings is 1. The number of hydrogen-bond donors (Lipinski definition) is 0. The number of hydrogen-bond acceptors (Lipinski definition) is 6. The molecule has 1 atom stereocenters. The molecule has 3 aromatic rings. The average molecular weight is 426 g/mol. The smallest absolute Gasteiger partial charge is 0.227 e.